The van der Waals surface area contributed by atoms with Crippen LogP contribution in [-0.2, 0) is 13.0 Å². The minimum absolute atomic E-state index is 0.0468. The lowest BCUT2D eigenvalue weighted by Gasteiger charge is -2.36. The van der Waals surface area contributed by atoms with Crippen LogP contribution in [0, 0.1) is 0 Å². The van der Waals surface area contributed by atoms with Crippen LogP contribution in [0.25, 0.3) is 0 Å². The van der Waals surface area contributed by atoms with Crippen molar-refractivity contribution in [1.29, 1.82) is 0 Å². The van der Waals surface area contributed by atoms with Crippen molar-refractivity contribution >= 4 is 15.9 Å². The van der Waals surface area contributed by atoms with Crippen molar-refractivity contribution in [2.45, 2.75) is 19.0 Å². The Labute approximate surface area is 160 Å². The number of benzene rings is 2. The smallest absolute Gasteiger partial charge is 0.231 e. The Bertz CT molecular complexity index is 867. The van der Waals surface area contributed by atoms with Crippen LogP contribution in [0.5, 0.6) is 23.0 Å². The number of fused-ring (bicyclic) bond motifs is 2. The summed E-state index contributed by atoms with van der Waals surface area (Å²) in [5.41, 5.74) is 3.39. The quantitative estimate of drug-likeness (QED) is 0.756. The number of rotatable bonds is 4. The van der Waals surface area contributed by atoms with Gasteiger partial charge in [0.05, 0.1) is 13.2 Å². The number of hydrogen-bond acceptors (Lipinski definition) is 5. The van der Waals surface area contributed by atoms with Gasteiger partial charge in [-0.05, 0) is 47.4 Å². The Kier molecular flexibility index (Phi) is 4.54. The first-order valence-electron chi connectivity index (χ1n) is 8.45. The molecule has 2 aromatic rings. The Morgan fingerprint density at radius 1 is 1.31 bits per heavy atom. The van der Waals surface area contributed by atoms with Crippen LogP contribution in [-0.4, -0.2) is 30.5 Å². The van der Waals surface area contributed by atoms with Gasteiger partial charge in [0.2, 0.25) is 6.79 Å². The fourth-order valence-electron chi connectivity index (χ4n) is 3.64. The molecule has 6 heteroatoms. The molecule has 2 aliphatic rings. The number of methoxy groups -OCH3 is 1. The number of phenols is 1. The molecule has 26 heavy (non-hydrogen) atoms. The second-order valence-electron chi connectivity index (χ2n) is 6.42. The molecule has 2 aliphatic heterocycles. The van der Waals surface area contributed by atoms with E-state index in [0.717, 1.165) is 52.2 Å². The molecule has 0 radical (unpaired) electrons. The molecular weight excluding hydrogens is 398 g/mol. The zero-order valence-electron chi connectivity index (χ0n) is 14.5. The summed E-state index contributed by atoms with van der Waals surface area (Å²) in [7, 11) is 1.56. The number of nitrogens with zero attached hydrogens (tertiary/aromatic N) is 1. The molecule has 1 unspecified atom stereocenters. The van der Waals surface area contributed by atoms with Gasteiger partial charge in [0.1, 0.15) is 0 Å². The minimum atomic E-state index is 0.0468. The SMILES string of the molecule is C=CC1c2cc(OC)c(O)cc2CCN1Cc1cc2c(cc1Br)OCO2. The number of ether oxygens (including phenoxy) is 3. The summed E-state index contributed by atoms with van der Waals surface area (Å²) in [5.74, 6) is 2.22. The van der Waals surface area contributed by atoms with Gasteiger partial charge >= 0.3 is 0 Å². The molecule has 0 saturated carbocycles. The maximum Gasteiger partial charge on any atom is 0.231 e. The average molecular weight is 418 g/mol. The highest BCUT2D eigenvalue weighted by molar-refractivity contribution is 9.10. The van der Waals surface area contributed by atoms with Gasteiger partial charge in [-0.3, -0.25) is 4.90 Å². The van der Waals surface area contributed by atoms with Crippen LogP contribution in [0.15, 0.2) is 41.4 Å². The molecule has 5 nitrogen and oxygen atoms in total. The van der Waals surface area contributed by atoms with Gasteiger partial charge in [-0.1, -0.05) is 22.0 Å². The normalized spacial score (nSPS) is 18.5. The van der Waals surface area contributed by atoms with Crippen molar-refractivity contribution < 1.29 is 19.3 Å². The molecule has 0 aliphatic carbocycles. The van der Waals surface area contributed by atoms with E-state index >= 15 is 0 Å². The first-order chi connectivity index (χ1) is 12.6. The monoisotopic (exact) mass is 417 g/mol. The molecule has 0 amide bonds. The van der Waals surface area contributed by atoms with Crippen molar-refractivity contribution in [2.75, 3.05) is 20.4 Å². The number of phenolic OH excluding ortho intramolecular Hbond substituents is 1. The molecular formula is C20H20BrNO4. The predicted octanol–water partition coefficient (Wildman–Crippen LogP) is 4.18. The second kappa shape index (κ2) is 6.85. The van der Waals surface area contributed by atoms with E-state index < -0.39 is 0 Å². The van der Waals surface area contributed by atoms with Crippen molar-refractivity contribution in [3.8, 4) is 23.0 Å². The van der Waals surface area contributed by atoms with Crippen LogP contribution in [0.2, 0.25) is 0 Å². The van der Waals surface area contributed by atoms with Crippen LogP contribution in [0.1, 0.15) is 22.7 Å². The third-order valence-corrected chi connectivity index (χ3v) is 5.70. The van der Waals surface area contributed by atoms with E-state index in [1.165, 1.54) is 0 Å². The number of hydrogen-bond donors (Lipinski definition) is 1. The van der Waals surface area contributed by atoms with E-state index in [9.17, 15) is 5.11 Å². The lowest BCUT2D eigenvalue weighted by molar-refractivity contribution is 0.173. The molecule has 4 rings (SSSR count). The van der Waals surface area contributed by atoms with Crippen LogP contribution in [0.3, 0.4) is 0 Å². The first kappa shape index (κ1) is 17.2. The van der Waals surface area contributed by atoms with E-state index in [1.807, 2.05) is 24.3 Å². The molecule has 2 aromatic carbocycles. The zero-order valence-corrected chi connectivity index (χ0v) is 16.1. The summed E-state index contributed by atoms with van der Waals surface area (Å²) in [6, 6.07) is 7.75. The second-order valence-corrected chi connectivity index (χ2v) is 7.28. The highest BCUT2D eigenvalue weighted by atomic mass is 79.9. The summed E-state index contributed by atoms with van der Waals surface area (Å²) in [5, 5.41) is 10.1. The zero-order chi connectivity index (χ0) is 18.3. The first-order valence-corrected chi connectivity index (χ1v) is 9.24. The molecule has 0 aromatic heterocycles. The highest BCUT2D eigenvalue weighted by Gasteiger charge is 2.28. The van der Waals surface area contributed by atoms with Gasteiger partial charge in [0, 0.05) is 17.6 Å². The van der Waals surface area contributed by atoms with Crippen LogP contribution < -0.4 is 14.2 Å². The molecule has 1 atom stereocenters. The molecule has 0 bridgehead atoms. The van der Waals surface area contributed by atoms with Crippen molar-refractivity contribution in [2.24, 2.45) is 0 Å². The fourth-order valence-corrected chi connectivity index (χ4v) is 4.08. The largest absolute Gasteiger partial charge is 0.504 e. The van der Waals surface area contributed by atoms with Gasteiger partial charge in [-0.25, -0.2) is 0 Å². The topological polar surface area (TPSA) is 51.2 Å². The number of aromatic hydroxyl groups is 1. The average Bonchev–Trinajstić information content (AvgIpc) is 3.08. The van der Waals surface area contributed by atoms with E-state index in [2.05, 4.69) is 27.4 Å². The summed E-state index contributed by atoms with van der Waals surface area (Å²) in [6.07, 6.45) is 2.80. The third kappa shape index (κ3) is 2.93. The third-order valence-electron chi connectivity index (χ3n) is 4.96. The van der Waals surface area contributed by atoms with Crippen molar-refractivity contribution in [3.63, 3.8) is 0 Å². The van der Waals surface area contributed by atoms with E-state index in [1.54, 1.807) is 13.2 Å². The van der Waals surface area contributed by atoms with Crippen LogP contribution in [0.4, 0.5) is 0 Å². The lowest BCUT2D eigenvalue weighted by Crippen LogP contribution is -2.34. The molecule has 0 saturated heterocycles. The Morgan fingerprint density at radius 3 is 2.81 bits per heavy atom. The fraction of sp³-hybridized carbons (Fsp3) is 0.300. The molecule has 136 valence electrons. The van der Waals surface area contributed by atoms with Gasteiger partial charge in [-0.2, -0.15) is 0 Å². The highest BCUT2D eigenvalue weighted by Crippen LogP contribution is 2.41. The van der Waals surface area contributed by atoms with E-state index in [0.29, 0.717) is 5.75 Å². The summed E-state index contributed by atoms with van der Waals surface area (Å²) >= 11 is 3.64. The Morgan fingerprint density at radius 2 is 2.08 bits per heavy atom. The molecule has 2 heterocycles. The molecule has 0 fully saturated rings. The number of halogens is 1. The predicted molar refractivity (Wildman–Crippen MR) is 102 cm³/mol. The Hall–Kier alpha value is -2.18. The lowest BCUT2D eigenvalue weighted by atomic mass is 9.91. The summed E-state index contributed by atoms with van der Waals surface area (Å²) < 4.78 is 17.2. The Balaban J connectivity index is 1.65. The minimum Gasteiger partial charge on any atom is -0.504 e. The van der Waals surface area contributed by atoms with Gasteiger partial charge in [0.15, 0.2) is 23.0 Å². The maximum absolute atomic E-state index is 10.1. The van der Waals surface area contributed by atoms with E-state index in [4.69, 9.17) is 14.2 Å². The standard InChI is InChI=1S/C20H20BrNO4/c1-3-16-14-8-18(24-2)17(23)6-12(14)4-5-22(16)10-13-7-19-20(9-15(13)21)26-11-25-19/h3,6-9,16,23H,1,4-5,10-11H2,2H3. The summed E-state index contributed by atoms with van der Waals surface area (Å²) in [6.45, 7) is 5.91. The van der Waals surface area contributed by atoms with Gasteiger partial charge in [0.25, 0.3) is 0 Å². The van der Waals surface area contributed by atoms with Gasteiger partial charge < -0.3 is 19.3 Å². The van der Waals surface area contributed by atoms with Crippen molar-refractivity contribution in [3.05, 3.63) is 58.1 Å². The molecule has 1 N–H and O–H groups in total. The maximum atomic E-state index is 10.1. The van der Waals surface area contributed by atoms with E-state index in [-0.39, 0.29) is 18.6 Å². The van der Waals surface area contributed by atoms with Gasteiger partial charge in [-0.15, -0.1) is 6.58 Å². The summed E-state index contributed by atoms with van der Waals surface area (Å²) in [4.78, 5) is 2.36. The van der Waals surface area contributed by atoms with Crippen LogP contribution >= 0.6 is 15.9 Å². The molecule has 0 spiro atoms. The van der Waals surface area contributed by atoms with Crippen molar-refractivity contribution in [1.82, 2.24) is 4.90 Å².